The second kappa shape index (κ2) is 7.91. The van der Waals surface area contributed by atoms with Gasteiger partial charge in [0.25, 0.3) is 0 Å². The van der Waals surface area contributed by atoms with Gasteiger partial charge in [0.2, 0.25) is 0 Å². The first kappa shape index (κ1) is 14.9. The Morgan fingerprint density at radius 3 is 2.68 bits per heavy atom. The smallest absolute Gasteiger partial charge is 0.133 e. The van der Waals surface area contributed by atoms with Gasteiger partial charge in [-0.15, -0.1) is 0 Å². The van der Waals surface area contributed by atoms with Crippen LogP contribution >= 0.6 is 15.9 Å². The number of nitrogens with one attached hydrogen (secondary N) is 1. The van der Waals surface area contributed by atoms with E-state index in [1.807, 2.05) is 0 Å². The van der Waals surface area contributed by atoms with Gasteiger partial charge in [0.05, 0.1) is 30.7 Å². The van der Waals surface area contributed by atoms with E-state index < -0.39 is 0 Å². The average Bonchev–Trinajstić information content (AvgIpc) is 2.42. The molecule has 0 unspecified atom stereocenters. The molecular formula is C16H25BrNO+. The van der Waals surface area contributed by atoms with Crippen LogP contribution in [0.5, 0.6) is 5.75 Å². The van der Waals surface area contributed by atoms with E-state index in [1.165, 1.54) is 50.9 Å². The van der Waals surface area contributed by atoms with Crippen LogP contribution in [-0.2, 0) is 0 Å². The number of rotatable bonds is 6. The van der Waals surface area contributed by atoms with Gasteiger partial charge in [-0.1, -0.05) is 6.07 Å². The third kappa shape index (κ3) is 5.15. The van der Waals surface area contributed by atoms with E-state index in [2.05, 4.69) is 41.1 Å². The van der Waals surface area contributed by atoms with E-state index >= 15 is 0 Å². The van der Waals surface area contributed by atoms with Gasteiger partial charge < -0.3 is 9.64 Å². The number of ether oxygens (including phenoxy) is 1. The van der Waals surface area contributed by atoms with Gasteiger partial charge in [-0.05, 0) is 72.7 Å². The predicted molar refractivity (Wildman–Crippen MR) is 83.0 cm³/mol. The SMILES string of the molecule is Cc1ccc(OCCCC[NH+]2CCCCC2)c(Br)c1. The molecule has 1 aromatic rings. The average molecular weight is 327 g/mol. The van der Waals surface area contributed by atoms with Gasteiger partial charge in [-0.3, -0.25) is 0 Å². The van der Waals surface area contributed by atoms with Crippen molar-refractivity contribution in [3.8, 4) is 5.75 Å². The minimum Gasteiger partial charge on any atom is -0.492 e. The number of hydrogen-bond acceptors (Lipinski definition) is 1. The summed E-state index contributed by atoms with van der Waals surface area (Å²) in [6.07, 6.45) is 6.71. The fourth-order valence-electron chi connectivity index (χ4n) is 2.68. The lowest BCUT2D eigenvalue weighted by molar-refractivity contribution is -0.905. The van der Waals surface area contributed by atoms with Crippen molar-refractivity contribution in [3.63, 3.8) is 0 Å². The monoisotopic (exact) mass is 326 g/mol. The van der Waals surface area contributed by atoms with Crippen molar-refractivity contribution in [1.29, 1.82) is 0 Å². The zero-order valence-corrected chi connectivity index (χ0v) is 13.5. The highest BCUT2D eigenvalue weighted by molar-refractivity contribution is 9.10. The number of benzene rings is 1. The van der Waals surface area contributed by atoms with E-state index in [4.69, 9.17) is 4.74 Å². The first-order valence-electron chi connectivity index (χ1n) is 7.48. The molecule has 0 radical (unpaired) electrons. The summed E-state index contributed by atoms with van der Waals surface area (Å²) in [5.41, 5.74) is 1.26. The third-order valence-electron chi connectivity index (χ3n) is 3.83. The molecule has 19 heavy (non-hydrogen) atoms. The van der Waals surface area contributed by atoms with Gasteiger partial charge in [-0.25, -0.2) is 0 Å². The van der Waals surface area contributed by atoms with E-state index in [0.717, 1.165) is 23.2 Å². The first-order valence-corrected chi connectivity index (χ1v) is 8.27. The number of hydrogen-bond donors (Lipinski definition) is 1. The molecule has 1 aromatic carbocycles. The molecule has 0 amide bonds. The quantitative estimate of drug-likeness (QED) is 0.793. The van der Waals surface area contributed by atoms with Crippen molar-refractivity contribution in [1.82, 2.24) is 0 Å². The summed E-state index contributed by atoms with van der Waals surface area (Å²) >= 11 is 3.55. The van der Waals surface area contributed by atoms with Crippen LogP contribution in [0.2, 0.25) is 0 Å². The Hall–Kier alpha value is -0.540. The first-order chi connectivity index (χ1) is 9.25. The zero-order valence-electron chi connectivity index (χ0n) is 11.9. The number of aryl methyl sites for hydroxylation is 1. The molecule has 1 saturated heterocycles. The van der Waals surface area contributed by atoms with E-state index in [1.54, 1.807) is 4.90 Å². The fourth-order valence-corrected chi connectivity index (χ4v) is 3.29. The minimum absolute atomic E-state index is 0.828. The van der Waals surface area contributed by atoms with Crippen LogP contribution < -0.4 is 9.64 Å². The number of unbranched alkanes of at least 4 members (excludes halogenated alkanes) is 1. The van der Waals surface area contributed by atoms with Crippen molar-refractivity contribution >= 4 is 15.9 Å². The van der Waals surface area contributed by atoms with Gasteiger partial charge >= 0.3 is 0 Å². The molecule has 2 rings (SSSR count). The molecule has 1 fully saturated rings. The maximum absolute atomic E-state index is 5.83. The summed E-state index contributed by atoms with van der Waals surface area (Å²) in [6, 6.07) is 6.25. The lowest BCUT2D eigenvalue weighted by atomic mass is 10.1. The maximum Gasteiger partial charge on any atom is 0.133 e. The van der Waals surface area contributed by atoms with Crippen LogP contribution in [-0.4, -0.2) is 26.2 Å². The highest BCUT2D eigenvalue weighted by Gasteiger charge is 2.12. The number of likely N-dealkylation sites (tertiary alicyclic amines) is 1. The largest absolute Gasteiger partial charge is 0.492 e. The summed E-state index contributed by atoms with van der Waals surface area (Å²) < 4.78 is 6.89. The number of quaternary nitrogens is 1. The fraction of sp³-hybridized carbons (Fsp3) is 0.625. The molecule has 2 nitrogen and oxygen atoms in total. The summed E-state index contributed by atoms with van der Waals surface area (Å²) in [6.45, 7) is 7.00. The van der Waals surface area contributed by atoms with E-state index in [9.17, 15) is 0 Å². The van der Waals surface area contributed by atoms with E-state index in [-0.39, 0.29) is 0 Å². The highest BCUT2D eigenvalue weighted by atomic mass is 79.9. The van der Waals surface area contributed by atoms with Gasteiger partial charge in [0, 0.05) is 0 Å². The Kier molecular flexibility index (Phi) is 6.18. The van der Waals surface area contributed by atoms with Crippen molar-refractivity contribution in [2.75, 3.05) is 26.2 Å². The van der Waals surface area contributed by atoms with Crippen LogP contribution in [0.1, 0.15) is 37.7 Å². The summed E-state index contributed by atoms with van der Waals surface area (Å²) in [5.74, 6) is 0.968. The Morgan fingerprint density at radius 2 is 1.95 bits per heavy atom. The standard InChI is InChI=1S/C16H24BrNO/c1-14-7-8-16(15(17)13-14)19-12-6-5-11-18-9-3-2-4-10-18/h7-8,13H,2-6,9-12H2,1H3/p+1. The van der Waals surface area contributed by atoms with Crippen LogP contribution in [0.3, 0.4) is 0 Å². The summed E-state index contributed by atoms with van der Waals surface area (Å²) in [5, 5.41) is 0. The minimum atomic E-state index is 0.828. The Morgan fingerprint density at radius 1 is 1.16 bits per heavy atom. The summed E-state index contributed by atoms with van der Waals surface area (Å²) in [4.78, 5) is 1.79. The lowest BCUT2D eigenvalue weighted by Gasteiger charge is -2.23. The van der Waals surface area contributed by atoms with Crippen LogP contribution in [0, 0.1) is 6.92 Å². The molecule has 1 aliphatic rings. The third-order valence-corrected chi connectivity index (χ3v) is 4.45. The highest BCUT2D eigenvalue weighted by Crippen LogP contribution is 2.25. The number of piperidine rings is 1. The lowest BCUT2D eigenvalue weighted by Crippen LogP contribution is -3.12. The molecule has 1 aliphatic heterocycles. The second-order valence-corrected chi connectivity index (χ2v) is 6.40. The van der Waals surface area contributed by atoms with Crippen molar-refractivity contribution < 1.29 is 9.64 Å². The van der Waals surface area contributed by atoms with E-state index in [0.29, 0.717) is 0 Å². The number of halogens is 1. The molecule has 0 bridgehead atoms. The topological polar surface area (TPSA) is 13.7 Å². The van der Waals surface area contributed by atoms with Gasteiger partial charge in [0.1, 0.15) is 5.75 Å². The zero-order chi connectivity index (χ0) is 13.5. The second-order valence-electron chi connectivity index (χ2n) is 5.55. The molecule has 0 spiro atoms. The predicted octanol–water partition coefficient (Wildman–Crippen LogP) is 2.99. The molecule has 0 atom stereocenters. The van der Waals surface area contributed by atoms with Crippen LogP contribution in [0.4, 0.5) is 0 Å². The molecule has 1 N–H and O–H groups in total. The molecular weight excluding hydrogens is 302 g/mol. The Labute approximate surface area is 125 Å². The Bertz CT molecular complexity index is 388. The van der Waals surface area contributed by atoms with Gasteiger partial charge in [0.15, 0.2) is 0 Å². The Balaban J connectivity index is 1.61. The van der Waals surface area contributed by atoms with Crippen molar-refractivity contribution in [2.45, 2.75) is 39.0 Å². The van der Waals surface area contributed by atoms with Crippen molar-refractivity contribution in [3.05, 3.63) is 28.2 Å². The van der Waals surface area contributed by atoms with Crippen LogP contribution in [0.15, 0.2) is 22.7 Å². The van der Waals surface area contributed by atoms with Gasteiger partial charge in [-0.2, -0.15) is 0 Å². The molecule has 0 aliphatic carbocycles. The molecule has 0 saturated carbocycles. The summed E-state index contributed by atoms with van der Waals surface area (Å²) in [7, 11) is 0. The van der Waals surface area contributed by atoms with Crippen molar-refractivity contribution in [2.24, 2.45) is 0 Å². The molecule has 1 heterocycles. The molecule has 106 valence electrons. The maximum atomic E-state index is 5.83. The van der Waals surface area contributed by atoms with Crippen LogP contribution in [0.25, 0.3) is 0 Å². The molecule has 0 aromatic heterocycles. The molecule has 3 heteroatoms. The normalized spacial score (nSPS) is 16.5.